The molecule has 5 nitrogen and oxygen atoms in total. The molecular formula is C9H6Cl3N3O2S. The number of halogens is 3. The molecule has 0 aliphatic heterocycles. The molecular weight excluding hydrogens is 321 g/mol. The van der Waals surface area contributed by atoms with Gasteiger partial charge in [0.15, 0.2) is 0 Å². The summed E-state index contributed by atoms with van der Waals surface area (Å²) < 4.78 is 26.4. The van der Waals surface area contributed by atoms with E-state index < -0.39 is 10.0 Å². The maximum Gasteiger partial charge on any atom is 0.266 e. The zero-order valence-electron chi connectivity index (χ0n) is 8.62. The third-order valence-corrected chi connectivity index (χ3v) is 4.48. The number of aromatic nitrogens is 2. The Morgan fingerprint density at radius 1 is 1.17 bits per heavy atom. The lowest BCUT2D eigenvalue weighted by Crippen LogP contribution is -2.14. The summed E-state index contributed by atoms with van der Waals surface area (Å²) in [5.74, 6) is 0.206. The Labute approximate surface area is 118 Å². The van der Waals surface area contributed by atoms with Crippen LogP contribution in [0.15, 0.2) is 29.3 Å². The van der Waals surface area contributed by atoms with Gasteiger partial charge < -0.3 is 0 Å². The highest BCUT2D eigenvalue weighted by Crippen LogP contribution is 2.33. The van der Waals surface area contributed by atoms with E-state index in [9.17, 15) is 8.42 Å². The van der Waals surface area contributed by atoms with Crippen molar-refractivity contribution in [2.45, 2.75) is 4.90 Å². The Bertz CT molecular complexity index is 647. The number of H-pyrrole nitrogens is 1. The van der Waals surface area contributed by atoms with Crippen molar-refractivity contribution in [2.24, 2.45) is 0 Å². The first kappa shape index (κ1) is 13.5. The number of rotatable bonds is 3. The molecule has 0 radical (unpaired) electrons. The first-order chi connectivity index (χ1) is 8.40. The molecule has 2 rings (SSSR count). The number of nitrogens with one attached hydrogen (secondary N) is 2. The van der Waals surface area contributed by atoms with Crippen LogP contribution in [-0.4, -0.2) is 18.6 Å². The lowest BCUT2D eigenvalue weighted by molar-refractivity contribution is 0.601. The first-order valence-corrected chi connectivity index (χ1v) is 7.18. The van der Waals surface area contributed by atoms with E-state index >= 15 is 0 Å². The van der Waals surface area contributed by atoms with Gasteiger partial charge in [0.2, 0.25) is 0 Å². The van der Waals surface area contributed by atoms with E-state index in [0.29, 0.717) is 0 Å². The van der Waals surface area contributed by atoms with Gasteiger partial charge in [-0.2, -0.15) is 5.10 Å². The number of sulfonamides is 1. The van der Waals surface area contributed by atoms with E-state index in [-0.39, 0.29) is 25.8 Å². The molecule has 2 aromatic rings. The zero-order valence-corrected chi connectivity index (χ0v) is 11.7. The Morgan fingerprint density at radius 2 is 1.78 bits per heavy atom. The van der Waals surface area contributed by atoms with Crippen molar-refractivity contribution in [2.75, 3.05) is 4.72 Å². The highest BCUT2D eigenvalue weighted by atomic mass is 35.5. The lowest BCUT2D eigenvalue weighted by atomic mass is 10.4. The number of benzene rings is 1. The predicted molar refractivity (Wildman–Crippen MR) is 70.9 cm³/mol. The quantitative estimate of drug-likeness (QED) is 0.909. The Balaban J connectivity index is 2.48. The number of hydrogen-bond acceptors (Lipinski definition) is 3. The molecule has 2 N–H and O–H groups in total. The van der Waals surface area contributed by atoms with Gasteiger partial charge in [0.1, 0.15) is 10.7 Å². The number of aromatic amines is 1. The number of anilines is 1. The van der Waals surface area contributed by atoms with Crippen LogP contribution in [0.4, 0.5) is 5.82 Å². The van der Waals surface area contributed by atoms with Crippen LogP contribution in [-0.2, 0) is 10.0 Å². The van der Waals surface area contributed by atoms with Crippen molar-refractivity contribution in [3.63, 3.8) is 0 Å². The summed E-state index contributed by atoms with van der Waals surface area (Å²) in [7, 11) is -3.91. The minimum Gasteiger partial charge on any atom is -0.264 e. The van der Waals surface area contributed by atoms with Crippen molar-refractivity contribution < 1.29 is 8.42 Å². The Kier molecular flexibility index (Phi) is 3.72. The van der Waals surface area contributed by atoms with Crippen LogP contribution in [0.25, 0.3) is 0 Å². The molecule has 1 aromatic carbocycles. The van der Waals surface area contributed by atoms with Gasteiger partial charge in [-0.25, -0.2) is 8.42 Å². The van der Waals surface area contributed by atoms with Crippen molar-refractivity contribution in [1.82, 2.24) is 10.2 Å². The zero-order chi connectivity index (χ0) is 13.3. The average Bonchev–Trinajstić information content (AvgIpc) is 2.66. The Hall–Kier alpha value is -0.950. The lowest BCUT2D eigenvalue weighted by Gasteiger charge is -2.09. The predicted octanol–water partition coefficient (Wildman–Crippen LogP) is 3.17. The smallest absolute Gasteiger partial charge is 0.264 e. The summed E-state index contributed by atoms with van der Waals surface area (Å²) >= 11 is 17.4. The SMILES string of the molecule is O=S(=O)(Nc1ccn[nH]1)c1c(Cl)cc(Cl)cc1Cl. The van der Waals surface area contributed by atoms with Crippen molar-refractivity contribution >= 4 is 50.6 Å². The molecule has 9 heteroatoms. The fraction of sp³-hybridized carbons (Fsp3) is 0. The fourth-order valence-corrected chi connectivity index (χ4v) is 3.86. The average molecular weight is 327 g/mol. The molecule has 0 spiro atoms. The molecule has 0 aliphatic carbocycles. The monoisotopic (exact) mass is 325 g/mol. The van der Waals surface area contributed by atoms with Gasteiger partial charge in [-0.3, -0.25) is 9.82 Å². The number of hydrogen-bond donors (Lipinski definition) is 2. The van der Waals surface area contributed by atoms with Gasteiger partial charge in [-0.1, -0.05) is 34.8 Å². The van der Waals surface area contributed by atoms with Crippen LogP contribution in [0.3, 0.4) is 0 Å². The first-order valence-electron chi connectivity index (χ1n) is 4.57. The van der Waals surface area contributed by atoms with Crippen LogP contribution < -0.4 is 4.72 Å². The molecule has 0 bridgehead atoms. The van der Waals surface area contributed by atoms with Crippen molar-refractivity contribution in [3.05, 3.63) is 39.5 Å². The molecule has 96 valence electrons. The van der Waals surface area contributed by atoms with Gasteiger partial charge in [-0.15, -0.1) is 0 Å². The molecule has 0 amide bonds. The van der Waals surface area contributed by atoms with Crippen LogP contribution in [0.5, 0.6) is 0 Å². The van der Waals surface area contributed by atoms with E-state index in [1.807, 2.05) is 0 Å². The summed E-state index contributed by atoms with van der Waals surface area (Å²) in [6.45, 7) is 0. The van der Waals surface area contributed by atoms with Crippen molar-refractivity contribution in [1.29, 1.82) is 0 Å². The topological polar surface area (TPSA) is 74.8 Å². The standard InChI is InChI=1S/C9H6Cl3N3O2S/c10-5-3-6(11)9(7(12)4-5)18(16,17)15-8-1-2-13-14-8/h1-4H,(H2,13,14,15). The molecule has 1 aromatic heterocycles. The molecule has 0 saturated carbocycles. The molecule has 0 saturated heterocycles. The fourth-order valence-electron chi connectivity index (χ4n) is 1.29. The van der Waals surface area contributed by atoms with E-state index in [2.05, 4.69) is 14.9 Å². The number of nitrogens with zero attached hydrogens (tertiary/aromatic N) is 1. The molecule has 0 unspecified atom stereocenters. The molecule has 0 fully saturated rings. The maximum absolute atomic E-state index is 12.1. The van der Waals surface area contributed by atoms with Crippen LogP contribution >= 0.6 is 34.8 Å². The van der Waals surface area contributed by atoms with Gasteiger partial charge in [0, 0.05) is 11.1 Å². The maximum atomic E-state index is 12.1. The summed E-state index contributed by atoms with van der Waals surface area (Å²) in [5, 5.41) is 6.22. The van der Waals surface area contributed by atoms with E-state index in [1.54, 1.807) is 0 Å². The van der Waals surface area contributed by atoms with Crippen LogP contribution in [0, 0.1) is 0 Å². The van der Waals surface area contributed by atoms with Crippen LogP contribution in [0.1, 0.15) is 0 Å². The van der Waals surface area contributed by atoms with E-state index in [4.69, 9.17) is 34.8 Å². The highest BCUT2D eigenvalue weighted by Gasteiger charge is 2.22. The third kappa shape index (κ3) is 2.72. The molecule has 0 aliphatic rings. The van der Waals surface area contributed by atoms with Gasteiger partial charge >= 0.3 is 0 Å². The largest absolute Gasteiger partial charge is 0.266 e. The minimum absolute atomic E-state index is 0.0560. The summed E-state index contributed by atoms with van der Waals surface area (Å²) in [6.07, 6.45) is 1.41. The highest BCUT2D eigenvalue weighted by molar-refractivity contribution is 7.93. The van der Waals surface area contributed by atoms with E-state index in [0.717, 1.165) is 0 Å². The second-order valence-corrected chi connectivity index (χ2v) is 6.14. The summed E-state index contributed by atoms with van der Waals surface area (Å²) in [5.41, 5.74) is 0. The minimum atomic E-state index is -3.91. The van der Waals surface area contributed by atoms with E-state index in [1.165, 1.54) is 24.4 Å². The van der Waals surface area contributed by atoms with Crippen LogP contribution in [0.2, 0.25) is 15.1 Å². The second-order valence-electron chi connectivity index (χ2n) is 3.27. The van der Waals surface area contributed by atoms with Gasteiger partial charge in [-0.05, 0) is 12.1 Å². The van der Waals surface area contributed by atoms with Gasteiger partial charge in [0.05, 0.1) is 16.2 Å². The Morgan fingerprint density at radius 3 is 2.28 bits per heavy atom. The molecule has 18 heavy (non-hydrogen) atoms. The normalized spacial score (nSPS) is 11.5. The second kappa shape index (κ2) is 4.97. The summed E-state index contributed by atoms with van der Waals surface area (Å²) in [6, 6.07) is 4.06. The van der Waals surface area contributed by atoms with Gasteiger partial charge in [0.25, 0.3) is 10.0 Å². The third-order valence-electron chi connectivity index (χ3n) is 1.98. The molecule has 0 atom stereocenters. The van der Waals surface area contributed by atoms with Crippen molar-refractivity contribution in [3.8, 4) is 0 Å². The molecule has 1 heterocycles. The summed E-state index contributed by atoms with van der Waals surface area (Å²) in [4.78, 5) is -0.232.